The average molecular weight is 477 g/mol. The van der Waals surface area contributed by atoms with Crippen molar-refractivity contribution in [3.05, 3.63) is 69.1 Å². The number of fused-ring (bicyclic) bond motifs is 2. The second kappa shape index (κ2) is 8.61. The Morgan fingerprint density at radius 2 is 1.97 bits per heavy atom. The van der Waals surface area contributed by atoms with Crippen LogP contribution in [0.15, 0.2) is 53.9 Å². The van der Waals surface area contributed by atoms with Gasteiger partial charge in [-0.25, -0.2) is 9.78 Å². The maximum absolute atomic E-state index is 12.0. The van der Waals surface area contributed by atoms with Gasteiger partial charge in [0, 0.05) is 17.0 Å². The highest BCUT2D eigenvalue weighted by Gasteiger charge is 2.17. The van der Waals surface area contributed by atoms with Gasteiger partial charge in [-0.3, -0.25) is 0 Å². The second-order valence-electron chi connectivity index (χ2n) is 8.46. The summed E-state index contributed by atoms with van der Waals surface area (Å²) in [6.45, 7) is 5.93. The first-order valence-electron chi connectivity index (χ1n) is 10.8. The summed E-state index contributed by atoms with van der Waals surface area (Å²) in [6.07, 6.45) is 0. The molecule has 0 aliphatic heterocycles. The van der Waals surface area contributed by atoms with E-state index in [-0.39, 0.29) is 5.97 Å². The number of benzene rings is 2. The van der Waals surface area contributed by atoms with Crippen LogP contribution in [0, 0.1) is 10.7 Å². The van der Waals surface area contributed by atoms with Crippen LogP contribution in [-0.4, -0.2) is 32.2 Å². The summed E-state index contributed by atoms with van der Waals surface area (Å²) < 4.78 is 9.93. The van der Waals surface area contributed by atoms with Gasteiger partial charge in [-0.15, -0.1) is 11.3 Å². The quantitative estimate of drug-likeness (QED) is 0.232. The Bertz CT molecular complexity index is 1520. The zero-order valence-electron chi connectivity index (χ0n) is 18.7. The van der Waals surface area contributed by atoms with Gasteiger partial charge in [0.25, 0.3) is 0 Å². The van der Waals surface area contributed by atoms with Crippen LogP contribution in [0.2, 0.25) is 0 Å². The Labute approximate surface area is 200 Å². The summed E-state index contributed by atoms with van der Waals surface area (Å²) in [5.41, 5.74) is 5.31. The van der Waals surface area contributed by atoms with Crippen molar-refractivity contribution in [2.75, 3.05) is 7.11 Å². The molecule has 0 aliphatic carbocycles. The smallest absolute Gasteiger partial charge is 0.337 e. The minimum Gasteiger partial charge on any atom is -0.465 e. The molecule has 0 unspecified atom stereocenters. The van der Waals surface area contributed by atoms with Gasteiger partial charge >= 0.3 is 5.97 Å². The number of rotatable bonds is 6. The summed E-state index contributed by atoms with van der Waals surface area (Å²) in [5, 5.41) is 2.08. The van der Waals surface area contributed by atoms with E-state index in [9.17, 15) is 4.79 Å². The Hall–Kier alpha value is -3.23. The van der Waals surface area contributed by atoms with Crippen LogP contribution in [0.4, 0.5) is 0 Å². The van der Waals surface area contributed by atoms with E-state index < -0.39 is 0 Å². The van der Waals surface area contributed by atoms with Crippen molar-refractivity contribution in [3.8, 4) is 11.4 Å². The molecular formula is C25H24N4O2S2. The number of esters is 1. The molecule has 0 bridgehead atoms. The molecule has 1 N–H and O–H groups in total. The molecule has 5 aromatic rings. The van der Waals surface area contributed by atoms with Gasteiger partial charge in [-0.05, 0) is 66.0 Å². The fourth-order valence-corrected chi connectivity index (χ4v) is 5.13. The van der Waals surface area contributed by atoms with Gasteiger partial charge < -0.3 is 18.9 Å². The molecule has 0 radical (unpaired) electrons. The SMILES string of the molecule is COC(=O)c1ccc2c(c1)nc(-c1ccc3c(c1)[nH]c(=S)n3Cc1cccs1)n2CC(C)C. The van der Waals surface area contributed by atoms with Gasteiger partial charge in [0.05, 0.1) is 41.3 Å². The lowest BCUT2D eigenvalue weighted by molar-refractivity contribution is 0.0601. The van der Waals surface area contributed by atoms with E-state index in [4.69, 9.17) is 21.9 Å². The maximum Gasteiger partial charge on any atom is 0.337 e. The third-order valence-electron chi connectivity index (χ3n) is 5.64. The van der Waals surface area contributed by atoms with E-state index >= 15 is 0 Å². The minimum atomic E-state index is -0.363. The first-order chi connectivity index (χ1) is 15.9. The van der Waals surface area contributed by atoms with Crippen LogP contribution >= 0.6 is 23.6 Å². The van der Waals surface area contributed by atoms with E-state index in [1.165, 1.54) is 12.0 Å². The number of ether oxygens (including phenoxy) is 1. The predicted molar refractivity (Wildman–Crippen MR) is 135 cm³/mol. The number of carbonyl (C=O) groups excluding carboxylic acids is 1. The Balaban J connectivity index is 1.63. The lowest BCUT2D eigenvalue weighted by atomic mass is 10.1. The standard InChI is InChI=1S/C25H24N4O2S2/c1-15(2)13-28-21-9-7-17(24(30)31-3)12-19(21)26-23(28)16-6-8-22-20(11-16)27-25(32)29(22)14-18-5-4-10-33-18/h4-12,15H,13-14H2,1-3H3,(H,27,32). The number of aromatic nitrogens is 4. The number of aromatic amines is 1. The number of hydrogen-bond acceptors (Lipinski definition) is 5. The predicted octanol–water partition coefficient (Wildman–Crippen LogP) is 6.27. The first kappa shape index (κ1) is 21.6. The normalized spacial score (nSPS) is 11.6. The third-order valence-corrected chi connectivity index (χ3v) is 6.83. The Kier molecular flexibility index (Phi) is 5.64. The number of methoxy groups -OCH3 is 1. The van der Waals surface area contributed by atoms with Crippen molar-refractivity contribution in [2.24, 2.45) is 5.92 Å². The highest BCUT2D eigenvalue weighted by atomic mass is 32.1. The fraction of sp³-hybridized carbons (Fsp3) is 0.240. The van der Waals surface area contributed by atoms with Gasteiger partial charge in [0.15, 0.2) is 4.77 Å². The topological polar surface area (TPSA) is 64.8 Å². The molecule has 3 aromatic heterocycles. The number of H-pyrrole nitrogens is 1. The second-order valence-corrected chi connectivity index (χ2v) is 9.88. The average Bonchev–Trinajstić information content (AvgIpc) is 3.51. The van der Waals surface area contributed by atoms with Crippen molar-refractivity contribution in [1.29, 1.82) is 0 Å². The highest BCUT2D eigenvalue weighted by Crippen LogP contribution is 2.29. The number of carbonyl (C=O) groups is 1. The molecule has 2 aromatic carbocycles. The van der Waals surface area contributed by atoms with Gasteiger partial charge in [0.1, 0.15) is 5.82 Å². The molecule has 5 rings (SSSR count). The van der Waals surface area contributed by atoms with Gasteiger partial charge in [-0.1, -0.05) is 19.9 Å². The molecule has 0 spiro atoms. The van der Waals surface area contributed by atoms with Crippen LogP contribution in [0.25, 0.3) is 33.5 Å². The molecule has 168 valence electrons. The molecule has 6 nitrogen and oxygen atoms in total. The molecule has 0 aliphatic rings. The van der Waals surface area contributed by atoms with Crippen LogP contribution in [-0.2, 0) is 17.8 Å². The summed E-state index contributed by atoms with van der Waals surface area (Å²) in [5.74, 6) is 0.939. The number of imidazole rings is 2. The number of thiophene rings is 1. The molecule has 0 fully saturated rings. The van der Waals surface area contributed by atoms with Crippen molar-refractivity contribution < 1.29 is 9.53 Å². The monoisotopic (exact) mass is 476 g/mol. The number of nitrogens with one attached hydrogen (secondary N) is 1. The van der Waals surface area contributed by atoms with Crippen LogP contribution in [0.1, 0.15) is 29.1 Å². The van der Waals surface area contributed by atoms with Crippen LogP contribution < -0.4 is 0 Å². The number of hydrogen-bond donors (Lipinski definition) is 1. The van der Waals surface area contributed by atoms with Crippen molar-refractivity contribution >= 4 is 51.6 Å². The van der Waals surface area contributed by atoms with E-state index in [2.05, 4.69) is 63.7 Å². The molecule has 0 saturated heterocycles. The zero-order valence-corrected chi connectivity index (χ0v) is 20.3. The van der Waals surface area contributed by atoms with E-state index in [1.54, 1.807) is 23.5 Å². The molecule has 0 amide bonds. The Morgan fingerprint density at radius 3 is 2.70 bits per heavy atom. The lowest BCUT2D eigenvalue weighted by Crippen LogP contribution is -2.06. The largest absolute Gasteiger partial charge is 0.465 e. The molecular weight excluding hydrogens is 452 g/mol. The molecule has 0 saturated carbocycles. The van der Waals surface area contributed by atoms with Crippen molar-refractivity contribution in [3.63, 3.8) is 0 Å². The fourth-order valence-electron chi connectivity index (χ4n) is 4.16. The first-order valence-corrected chi connectivity index (χ1v) is 12.1. The maximum atomic E-state index is 12.0. The summed E-state index contributed by atoms with van der Waals surface area (Å²) in [7, 11) is 1.39. The summed E-state index contributed by atoms with van der Waals surface area (Å²) >= 11 is 7.34. The van der Waals surface area contributed by atoms with Crippen molar-refractivity contribution in [2.45, 2.75) is 26.9 Å². The minimum absolute atomic E-state index is 0.363. The third kappa shape index (κ3) is 4.00. The lowest BCUT2D eigenvalue weighted by Gasteiger charge is -2.12. The summed E-state index contributed by atoms with van der Waals surface area (Å²) in [6, 6.07) is 16.0. The van der Waals surface area contributed by atoms with E-state index in [0.29, 0.717) is 16.3 Å². The molecule has 0 atom stereocenters. The van der Waals surface area contributed by atoms with E-state index in [0.717, 1.165) is 46.5 Å². The number of nitrogens with zero attached hydrogens (tertiary/aromatic N) is 3. The Morgan fingerprint density at radius 1 is 1.15 bits per heavy atom. The molecule has 3 heterocycles. The highest BCUT2D eigenvalue weighted by molar-refractivity contribution is 7.71. The molecule has 33 heavy (non-hydrogen) atoms. The van der Waals surface area contributed by atoms with Gasteiger partial charge in [-0.2, -0.15) is 0 Å². The van der Waals surface area contributed by atoms with E-state index in [1.807, 2.05) is 6.07 Å². The van der Waals surface area contributed by atoms with Crippen molar-refractivity contribution in [1.82, 2.24) is 19.1 Å². The van der Waals surface area contributed by atoms with Crippen LogP contribution in [0.5, 0.6) is 0 Å². The van der Waals surface area contributed by atoms with Crippen LogP contribution in [0.3, 0.4) is 0 Å². The zero-order chi connectivity index (χ0) is 23.1. The van der Waals surface area contributed by atoms with Gasteiger partial charge in [0.2, 0.25) is 0 Å². The molecule has 8 heteroatoms. The summed E-state index contributed by atoms with van der Waals surface area (Å²) in [4.78, 5) is 21.6.